The second-order valence-corrected chi connectivity index (χ2v) is 5.85. The highest BCUT2D eigenvalue weighted by molar-refractivity contribution is 6.32. The average molecular weight is 357 g/mol. The predicted octanol–water partition coefficient (Wildman–Crippen LogP) is 3.81. The highest BCUT2D eigenvalue weighted by Gasteiger charge is 2.25. The quantitative estimate of drug-likeness (QED) is 0.815. The molecule has 23 heavy (non-hydrogen) atoms. The second kappa shape index (κ2) is 9.02. The van der Waals surface area contributed by atoms with Crippen molar-refractivity contribution < 1.29 is 9.53 Å². The van der Waals surface area contributed by atoms with Crippen LogP contribution < -0.4 is 10.1 Å². The van der Waals surface area contributed by atoms with Gasteiger partial charge in [0, 0.05) is 19.6 Å². The van der Waals surface area contributed by atoms with Crippen LogP contribution in [0.15, 0.2) is 12.1 Å². The van der Waals surface area contributed by atoms with Gasteiger partial charge in [-0.3, -0.25) is 5.32 Å². The van der Waals surface area contributed by atoms with Gasteiger partial charge >= 0.3 is 6.09 Å². The first-order valence-electron chi connectivity index (χ1n) is 7.49. The number of carbonyl (C=O) groups excluding carboxylic acids is 1. The summed E-state index contributed by atoms with van der Waals surface area (Å²) >= 11 is 6.24. The Morgan fingerprint density at radius 3 is 2.96 bits per heavy atom. The van der Waals surface area contributed by atoms with Gasteiger partial charge in [-0.15, -0.1) is 18.8 Å². The van der Waals surface area contributed by atoms with Gasteiger partial charge in [0.15, 0.2) is 5.75 Å². The van der Waals surface area contributed by atoms with E-state index in [0.717, 1.165) is 24.8 Å². The van der Waals surface area contributed by atoms with E-state index in [1.54, 1.807) is 7.05 Å². The molecule has 0 aromatic heterocycles. The zero-order valence-electron chi connectivity index (χ0n) is 13.4. The normalized spacial score (nSPS) is 15.3. The Labute approximate surface area is 148 Å². The molecule has 0 aliphatic heterocycles. The summed E-state index contributed by atoms with van der Waals surface area (Å²) in [5, 5.41) is 3.77. The van der Waals surface area contributed by atoms with E-state index < -0.39 is 6.09 Å². The Balaban J connectivity index is 0.00000264. The van der Waals surface area contributed by atoms with Crippen LogP contribution in [0.2, 0.25) is 5.02 Å². The molecule has 0 fully saturated rings. The summed E-state index contributed by atoms with van der Waals surface area (Å²) in [6, 6.07) is 3.93. The Hall–Kier alpha value is -1.41. The number of benzene rings is 1. The van der Waals surface area contributed by atoms with E-state index >= 15 is 0 Å². The van der Waals surface area contributed by atoms with E-state index in [1.165, 1.54) is 10.5 Å². The molecular weight excluding hydrogens is 335 g/mol. The lowest BCUT2D eigenvalue weighted by atomic mass is 10.1. The van der Waals surface area contributed by atoms with Crippen molar-refractivity contribution in [3.63, 3.8) is 0 Å². The maximum atomic E-state index is 12.0. The van der Waals surface area contributed by atoms with E-state index in [9.17, 15) is 4.79 Å². The molecule has 1 atom stereocenters. The lowest BCUT2D eigenvalue weighted by Gasteiger charge is -2.18. The van der Waals surface area contributed by atoms with Crippen LogP contribution in [0.3, 0.4) is 0 Å². The molecule has 0 bridgehead atoms. The Morgan fingerprint density at radius 2 is 2.30 bits per heavy atom. The third kappa shape index (κ3) is 4.78. The molecule has 1 N–H and O–H groups in total. The van der Waals surface area contributed by atoms with Gasteiger partial charge in [0.1, 0.15) is 0 Å². The Morgan fingerprint density at radius 1 is 1.57 bits per heavy atom. The van der Waals surface area contributed by atoms with Crippen molar-refractivity contribution in [2.75, 3.05) is 20.1 Å². The van der Waals surface area contributed by atoms with Crippen molar-refractivity contribution in [2.24, 2.45) is 0 Å². The standard InChI is InChI=1S/C17H21ClN2O2.ClH/c1-4-8-19-15-7-6-12-10-14(18)16(11-13(12)15)22-17(21)20(3)9-5-2;/h1,10-11,15,19H,5-9H2,2-3H3;1H/t15-;/m0./s1. The van der Waals surface area contributed by atoms with E-state index in [0.29, 0.717) is 23.9 Å². The first kappa shape index (κ1) is 19.6. The number of rotatable bonds is 5. The lowest BCUT2D eigenvalue weighted by molar-refractivity contribution is 0.163. The van der Waals surface area contributed by atoms with E-state index in [1.807, 2.05) is 19.1 Å². The number of terminal acetylenes is 1. The molecule has 126 valence electrons. The summed E-state index contributed by atoms with van der Waals surface area (Å²) in [7, 11) is 1.71. The van der Waals surface area contributed by atoms with Gasteiger partial charge in [-0.2, -0.15) is 0 Å². The molecule has 1 aliphatic rings. The number of hydrogen-bond acceptors (Lipinski definition) is 3. The SMILES string of the molecule is C#CCN[C@H]1CCc2cc(Cl)c(OC(=O)N(C)CCC)cc21.Cl. The highest BCUT2D eigenvalue weighted by Crippen LogP contribution is 2.38. The molecule has 0 saturated heterocycles. The van der Waals surface area contributed by atoms with Gasteiger partial charge in [-0.25, -0.2) is 4.79 Å². The number of ether oxygens (including phenoxy) is 1. The fourth-order valence-electron chi connectivity index (χ4n) is 2.68. The van der Waals surface area contributed by atoms with Gasteiger partial charge < -0.3 is 9.64 Å². The van der Waals surface area contributed by atoms with Crippen LogP contribution in [0.1, 0.15) is 36.9 Å². The summed E-state index contributed by atoms with van der Waals surface area (Å²) in [6.45, 7) is 3.17. The van der Waals surface area contributed by atoms with Crippen LogP contribution in [0.4, 0.5) is 4.79 Å². The number of hydrogen-bond donors (Lipinski definition) is 1. The predicted molar refractivity (Wildman–Crippen MR) is 95.5 cm³/mol. The van der Waals surface area contributed by atoms with Crippen LogP contribution in [-0.2, 0) is 6.42 Å². The highest BCUT2D eigenvalue weighted by atomic mass is 35.5. The average Bonchev–Trinajstić information content (AvgIpc) is 2.87. The maximum absolute atomic E-state index is 12.0. The molecule has 0 spiro atoms. The fourth-order valence-corrected chi connectivity index (χ4v) is 2.90. The van der Waals surface area contributed by atoms with Gasteiger partial charge in [0.25, 0.3) is 0 Å². The first-order valence-corrected chi connectivity index (χ1v) is 7.86. The van der Waals surface area contributed by atoms with Crippen molar-refractivity contribution in [2.45, 2.75) is 32.2 Å². The number of carbonyl (C=O) groups is 1. The zero-order valence-corrected chi connectivity index (χ0v) is 15.0. The molecule has 0 heterocycles. The van der Waals surface area contributed by atoms with Gasteiger partial charge in [-0.1, -0.05) is 24.4 Å². The van der Waals surface area contributed by atoms with Crippen molar-refractivity contribution in [1.29, 1.82) is 0 Å². The minimum atomic E-state index is -0.394. The van der Waals surface area contributed by atoms with Crippen LogP contribution >= 0.6 is 24.0 Å². The number of nitrogens with one attached hydrogen (secondary N) is 1. The van der Waals surface area contributed by atoms with Crippen LogP contribution in [0.25, 0.3) is 0 Å². The van der Waals surface area contributed by atoms with Crippen molar-refractivity contribution in [3.8, 4) is 18.1 Å². The Kier molecular flexibility index (Phi) is 7.70. The van der Waals surface area contributed by atoms with Gasteiger partial charge in [0.05, 0.1) is 11.6 Å². The zero-order chi connectivity index (χ0) is 16.1. The number of nitrogens with zero attached hydrogens (tertiary/aromatic N) is 1. The molecule has 1 aromatic carbocycles. The molecule has 1 amide bonds. The summed E-state index contributed by atoms with van der Waals surface area (Å²) in [6.07, 6.45) is 7.70. The smallest absolute Gasteiger partial charge is 0.409 e. The fraction of sp³-hybridized carbons (Fsp3) is 0.471. The third-order valence-electron chi connectivity index (χ3n) is 3.79. The van der Waals surface area contributed by atoms with Crippen molar-refractivity contribution in [3.05, 3.63) is 28.3 Å². The monoisotopic (exact) mass is 356 g/mol. The topological polar surface area (TPSA) is 41.6 Å². The van der Waals surface area contributed by atoms with Crippen molar-refractivity contribution in [1.82, 2.24) is 10.2 Å². The summed E-state index contributed by atoms with van der Waals surface area (Å²) in [5.74, 6) is 2.99. The largest absolute Gasteiger partial charge is 0.415 e. The summed E-state index contributed by atoms with van der Waals surface area (Å²) in [5.41, 5.74) is 2.29. The summed E-state index contributed by atoms with van der Waals surface area (Å²) < 4.78 is 5.42. The number of halogens is 2. The van der Waals surface area contributed by atoms with E-state index in [2.05, 4.69) is 11.2 Å². The van der Waals surface area contributed by atoms with Crippen molar-refractivity contribution >= 4 is 30.1 Å². The van der Waals surface area contributed by atoms with Crippen LogP contribution in [0.5, 0.6) is 5.75 Å². The van der Waals surface area contributed by atoms with Gasteiger partial charge in [-0.05, 0) is 42.5 Å². The molecule has 6 heteroatoms. The lowest BCUT2D eigenvalue weighted by Crippen LogP contribution is -2.30. The molecule has 0 saturated carbocycles. The van der Waals surface area contributed by atoms with Crippen LogP contribution in [-0.4, -0.2) is 31.1 Å². The molecular formula is C17H22Cl2N2O2. The number of fused-ring (bicyclic) bond motifs is 1. The van der Waals surface area contributed by atoms with E-state index in [-0.39, 0.29) is 18.4 Å². The van der Waals surface area contributed by atoms with E-state index in [4.69, 9.17) is 22.8 Å². The molecule has 0 radical (unpaired) electrons. The molecule has 2 rings (SSSR count). The Bertz CT molecular complexity index is 599. The maximum Gasteiger partial charge on any atom is 0.415 e. The molecule has 4 nitrogen and oxygen atoms in total. The minimum absolute atomic E-state index is 0. The number of aryl methyl sites for hydroxylation is 1. The van der Waals surface area contributed by atoms with Crippen LogP contribution in [0, 0.1) is 12.3 Å². The van der Waals surface area contributed by atoms with Gasteiger partial charge in [0.2, 0.25) is 0 Å². The minimum Gasteiger partial charge on any atom is -0.409 e. The third-order valence-corrected chi connectivity index (χ3v) is 4.09. The molecule has 0 unspecified atom stereocenters. The summed E-state index contributed by atoms with van der Waals surface area (Å²) in [4.78, 5) is 13.6. The first-order chi connectivity index (χ1) is 10.6. The number of amides is 1. The second-order valence-electron chi connectivity index (χ2n) is 5.45. The molecule has 1 aromatic rings. The molecule has 1 aliphatic carbocycles.